The lowest BCUT2D eigenvalue weighted by Gasteiger charge is -2.26. The molecule has 0 amide bonds. The van der Waals surface area contributed by atoms with Crippen molar-refractivity contribution in [3.63, 3.8) is 0 Å². The van der Waals surface area contributed by atoms with Gasteiger partial charge in [0.2, 0.25) is 10.0 Å². The first-order chi connectivity index (χ1) is 15.8. The van der Waals surface area contributed by atoms with Crippen LogP contribution < -0.4 is 9.47 Å². The average molecular weight is 478 g/mol. The second-order valence-corrected chi connectivity index (χ2v) is 9.26. The molecule has 10 heteroatoms. The number of ketones is 1. The molecule has 3 rings (SSSR count). The van der Waals surface area contributed by atoms with Crippen LogP contribution in [0.1, 0.15) is 28.8 Å². The summed E-state index contributed by atoms with van der Waals surface area (Å²) in [6.45, 7) is 1.23. The van der Waals surface area contributed by atoms with E-state index in [0.29, 0.717) is 48.9 Å². The van der Waals surface area contributed by atoms with Crippen LogP contribution in [-0.4, -0.2) is 65.0 Å². The van der Waals surface area contributed by atoms with E-state index in [1.165, 1.54) is 30.7 Å². The molecule has 0 spiro atoms. The third-order valence-electron chi connectivity index (χ3n) is 5.17. The lowest BCUT2D eigenvalue weighted by atomic mass is 10.1. The SMILES string of the molecule is COc1ccc(C(=O)CCC(=O)OCc2cccc(S(=O)(=O)N3CCOCC3)c2)cc1OC. The summed E-state index contributed by atoms with van der Waals surface area (Å²) in [6.07, 6.45) is -0.126. The number of ether oxygens (including phenoxy) is 4. The number of rotatable bonds is 10. The first kappa shape index (κ1) is 24.7. The van der Waals surface area contributed by atoms with Crippen LogP contribution in [0.5, 0.6) is 11.5 Å². The molecule has 33 heavy (non-hydrogen) atoms. The molecule has 0 saturated carbocycles. The van der Waals surface area contributed by atoms with Crippen LogP contribution in [0.15, 0.2) is 47.4 Å². The van der Waals surface area contributed by atoms with Crippen molar-refractivity contribution in [3.8, 4) is 11.5 Å². The van der Waals surface area contributed by atoms with Crippen LogP contribution in [0.2, 0.25) is 0 Å². The van der Waals surface area contributed by atoms with E-state index in [1.807, 2.05) is 0 Å². The third-order valence-corrected chi connectivity index (χ3v) is 7.06. The third kappa shape index (κ3) is 6.31. The average Bonchev–Trinajstić information content (AvgIpc) is 2.86. The Morgan fingerprint density at radius 2 is 1.70 bits per heavy atom. The highest BCUT2D eigenvalue weighted by Crippen LogP contribution is 2.28. The molecule has 0 bridgehead atoms. The molecule has 0 radical (unpaired) electrons. The zero-order valence-electron chi connectivity index (χ0n) is 18.6. The standard InChI is InChI=1S/C23H27NO8S/c1-29-21-8-6-18(15-22(21)30-2)20(25)7-9-23(26)32-16-17-4-3-5-19(14-17)33(27,28)24-10-12-31-13-11-24/h3-6,8,14-15H,7,9-13,16H2,1-2H3. The predicted octanol–water partition coefficient (Wildman–Crippen LogP) is 2.43. The fraction of sp³-hybridized carbons (Fsp3) is 0.391. The Balaban J connectivity index is 1.54. The summed E-state index contributed by atoms with van der Waals surface area (Å²) in [7, 11) is -0.657. The number of morpholine rings is 1. The van der Waals surface area contributed by atoms with Gasteiger partial charge in [0.15, 0.2) is 17.3 Å². The maximum absolute atomic E-state index is 12.8. The Bertz CT molecular complexity index is 1090. The van der Waals surface area contributed by atoms with Crippen molar-refractivity contribution in [2.75, 3.05) is 40.5 Å². The van der Waals surface area contributed by atoms with Gasteiger partial charge < -0.3 is 18.9 Å². The fourth-order valence-corrected chi connectivity index (χ4v) is 4.82. The molecule has 178 valence electrons. The van der Waals surface area contributed by atoms with Gasteiger partial charge in [-0.3, -0.25) is 9.59 Å². The predicted molar refractivity (Wildman–Crippen MR) is 119 cm³/mol. The van der Waals surface area contributed by atoms with Crippen molar-refractivity contribution in [2.24, 2.45) is 0 Å². The zero-order chi connectivity index (χ0) is 23.8. The van der Waals surface area contributed by atoms with Gasteiger partial charge >= 0.3 is 5.97 Å². The van der Waals surface area contributed by atoms with E-state index in [0.717, 1.165) is 0 Å². The number of hydrogen-bond donors (Lipinski definition) is 0. The quantitative estimate of drug-likeness (QED) is 0.379. The van der Waals surface area contributed by atoms with Crippen LogP contribution in [0.3, 0.4) is 0 Å². The molecule has 0 N–H and O–H groups in total. The Morgan fingerprint density at radius 1 is 0.970 bits per heavy atom. The Labute approximate surface area is 193 Å². The summed E-state index contributed by atoms with van der Waals surface area (Å²) in [5.74, 6) is 0.154. The van der Waals surface area contributed by atoms with E-state index in [9.17, 15) is 18.0 Å². The van der Waals surface area contributed by atoms with Gasteiger partial charge in [-0.2, -0.15) is 4.31 Å². The van der Waals surface area contributed by atoms with E-state index >= 15 is 0 Å². The number of Topliss-reactive ketones (excluding diaryl/α,β-unsaturated/α-hetero) is 1. The lowest BCUT2D eigenvalue weighted by Crippen LogP contribution is -2.40. The molecule has 0 atom stereocenters. The molecule has 1 fully saturated rings. The maximum Gasteiger partial charge on any atom is 0.306 e. The number of methoxy groups -OCH3 is 2. The molecular formula is C23H27NO8S. The summed E-state index contributed by atoms with van der Waals surface area (Å²) in [5, 5.41) is 0. The Morgan fingerprint density at radius 3 is 2.39 bits per heavy atom. The van der Waals surface area contributed by atoms with Crippen molar-refractivity contribution in [2.45, 2.75) is 24.3 Å². The summed E-state index contributed by atoms with van der Waals surface area (Å²) in [5.41, 5.74) is 0.949. The molecular weight excluding hydrogens is 450 g/mol. The summed E-state index contributed by atoms with van der Waals surface area (Å²) >= 11 is 0. The first-order valence-corrected chi connectivity index (χ1v) is 11.9. The van der Waals surface area contributed by atoms with Gasteiger partial charge in [-0.1, -0.05) is 12.1 Å². The van der Waals surface area contributed by atoms with Gasteiger partial charge in [-0.15, -0.1) is 0 Å². The molecule has 0 unspecified atom stereocenters. The Hall–Kier alpha value is -2.95. The van der Waals surface area contributed by atoms with Crippen molar-refractivity contribution >= 4 is 21.8 Å². The lowest BCUT2D eigenvalue weighted by molar-refractivity contribution is -0.144. The van der Waals surface area contributed by atoms with Gasteiger partial charge in [0.1, 0.15) is 6.61 Å². The smallest absolute Gasteiger partial charge is 0.306 e. The first-order valence-electron chi connectivity index (χ1n) is 10.4. The molecule has 1 saturated heterocycles. The normalized spacial score (nSPS) is 14.5. The second kappa shape index (κ2) is 11.3. The van der Waals surface area contributed by atoms with Gasteiger partial charge in [0.25, 0.3) is 0 Å². The van der Waals surface area contributed by atoms with Crippen molar-refractivity contribution in [1.82, 2.24) is 4.31 Å². The number of carbonyl (C=O) groups is 2. The molecule has 9 nitrogen and oxygen atoms in total. The van der Waals surface area contributed by atoms with Crippen LogP contribution in [0.25, 0.3) is 0 Å². The highest BCUT2D eigenvalue weighted by Gasteiger charge is 2.26. The topological polar surface area (TPSA) is 108 Å². The highest BCUT2D eigenvalue weighted by atomic mass is 32.2. The second-order valence-electron chi connectivity index (χ2n) is 7.32. The molecule has 2 aromatic rings. The number of benzene rings is 2. The van der Waals surface area contributed by atoms with Crippen LogP contribution in [0, 0.1) is 0 Å². The van der Waals surface area contributed by atoms with E-state index < -0.39 is 16.0 Å². The van der Waals surface area contributed by atoms with Crippen molar-refractivity contribution in [3.05, 3.63) is 53.6 Å². The monoisotopic (exact) mass is 477 g/mol. The number of nitrogens with zero attached hydrogens (tertiary/aromatic N) is 1. The van der Waals surface area contributed by atoms with Gasteiger partial charge in [-0.05, 0) is 35.9 Å². The summed E-state index contributed by atoms with van der Waals surface area (Å²) in [4.78, 5) is 24.7. The zero-order valence-corrected chi connectivity index (χ0v) is 19.4. The Kier molecular flexibility index (Phi) is 8.43. The molecule has 1 heterocycles. The molecule has 1 aliphatic heterocycles. The van der Waals surface area contributed by atoms with E-state index in [1.54, 1.807) is 30.3 Å². The van der Waals surface area contributed by atoms with E-state index in [-0.39, 0.29) is 30.1 Å². The number of hydrogen-bond acceptors (Lipinski definition) is 8. The van der Waals surface area contributed by atoms with Crippen molar-refractivity contribution in [1.29, 1.82) is 0 Å². The minimum atomic E-state index is -3.64. The van der Waals surface area contributed by atoms with Gasteiger partial charge in [0.05, 0.1) is 38.7 Å². The van der Waals surface area contributed by atoms with Crippen LogP contribution >= 0.6 is 0 Å². The highest BCUT2D eigenvalue weighted by molar-refractivity contribution is 7.89. The van der Waals surface area contributed by atoms with E-state index in [4.69, 9.17) is 18.9 Å². The molecule has 2 aromatic carbocycles. The minimum Gasteiger partial charge on any atom is -0.493 e. The number of carbonyl (C=O) groups excluding carboxylic acids is 2. The van der Waals surface area contributed by atoms with Crippen molar-refractivity contribution < 1.29 is 37.0 Å². The number of esters is 1. The number of sulfonamides is 1. The van der Waals surface area contributed by atoms with Crippen LogP contribution in [0.4, 0.5) is 0 Å². The fourth-order valence-electron chi connectivity index (χ4n) is 3.34. The summed E-state index contributed by atoms with van der Waals surface area (Å²) < 4.78 is 47.7. The largest absolute Gasteiger partial charge is 0.493 e. The summed E-state index contributed by atoms with van der Waals surface area (Å²) in [6, 6.07) is 11.1. The van der Waals surface area contributed by atoms with Crippen LogP contribution in [-0.2, 0) is 30.9 Å². The molecule has 0 aliphatic carbocycles. The maximum atomic E-state index is 12.8. The molecule has 1 aliphatic rings. The van der Waals surface area contributed by atoms with Gasteiger partial charge in [-0.25, -0.2) is 8.42 Å². The van der Waals surface area contributed by atoms with Gasteiger partial charge in [0, 0.05) is 25.1 Å². The molecule has 0 aromatic heterocycles. The van der Waals surface area contributed by atoms with E-state index in [2.05, 4.69) is 0 Å². The minimum absolute atomic E-state index is 0.0280.